The molecule has 29 heteroatoms. The minimum atomic E-state index is -1.98. The summed E-state index contributed by atoms with van der Waals surface area (Å²) in [6.45, 7) is 8.78. The summed E-state index contributed by atoms with van der Waals surface area (Å²) in [5, 5.41) is 65.6. The normalized spacial score (nSPS) is 25.0. The van der Waals surface area contributed by atoms with Crippen LogP contribution in [0.3, 0.4) is 0 Å². The Labute approximate surface area is 585 Å². The summed E-state index contributed by atoms with van der Waals surface area (Å²) in [5.41, 5.74) is 4.91. The number of fused-ring (bicyclic) bond motifs is 2. The Morgan fingerprint density at radius 3 is 2.31 bits per heavy atom. The summed E-state index contributed by atoms with van der Waals surface area (Å²) in [6.07, 6.45) is 4.13. The van der Waals surface area contributed by atoms with Crippen molar-refractivity contribution in [3.8, 4) is 28.1 Å². The fraction of sp³-hybridized carbons (Fsp3) is 0.458. The number of urea groups is 1. The quantitative estimate of drug-likeness (QED) is 0.0189. The van der Waals surface area contributed by atoms with Crippen molar-refractivity contribution in [3.05, 3.63) is 114 Å². The number of likely N-dealkylation sites (N-methyl/N-ethyl adjacent to an activating group) is 2. The lowest BCUT2D eigenvalue weighted by molar-refractivity contribution is -0.271. The van der Waals surface area contributed by atoms with E-state index in [1.807, 2.05) is 61.1 Å². The maximum Gasteiger partial charge on any atom is 0.409 e. The monoisotopic (exact) mass is 1410 g/mol. The van der Waals surface area contributed by atoms with Crippen LogP contribution in [0.25, 0.3) is 38.7 Å². The molecular weight excluding hydrogens is 1320 g/mol. The van der Waals surface area contributed by atoms with Gasteiger partial charge in [0, 0.05) is 101 Å². The number of aliphatic hydroxyl groups is 3. The second kappa shape index (κ2) is 29.1. The maximum atomic E-state index is 13.9. The molecule has 7 aliphatic rings. The van der Waals surface area contributed by atoms with Crippen LogP contribution in [0.1, 0.15) is 106 Å². The first-order valence-corrected chi connectivity index (χ1v) is 34.6. The maximum absolute atomic E-state index is 13.9. The molecule has 6 aromatic rings. The number of aromatic nitrogens is 4. The minimum absolute atomic E-state index is 0.0244. The third kappa shape index (κ3) is 15.6. The number of carbonyl (C=O) groups is 8. The molecule has 7 amide bonds. The van der Waals surface area contributed by atoms with E-state index in [4.69, 9.17) is 29.0 Å². The molecule has 13 rings (SSSR count). The molecule has 0 radical (unpaired) electrons. The first-order chi connectivity index (χ1) is 48.2. The number of nitrogens with one attached hydrogen (secondary N) is 3. The van der Waals surface area contributed by atoms with Crippen molar-refractivity contribution in [2.75, 3.05) is 80.5 Å². The van der Waals surface area contributed by atoms with Gasteiger partial charge in [-0.05, 0) is 135 Å². The lowest BCUT2D eigenvalue weighted by Crippen LogP contribution is -2.64. The van der Waals surface area contributed by atoms with E-state index < -0.39 is 60.2 Å². The van der Waals surface area contributed by atoms with E-state index in [-0.39, 0.29) is 103 Å². The van der Waals surface area contributed by atoms with Crippen molar-refractivity contribution in [2.24, 2.45) is 16.2 Å². The highest BCUT2D eigenvalue weighted by Crippen LogP contribution is 2.72. The second-order valence-electron chi connectivity index (χ2n) is 28.2. The molecule has 7 atom stereocenters. The SMILES string of the molecule is Cc1c(-c2ccc(-c3ccc4c(c3)N(C(=O)Nc3nc5ccccc5s3)CCN4C)nc2C(=O)O)cnn1CC12CC3(C)CC(C)(C1)CC(OCCN(C)C(=O)OC/C=C/c1ccc(O[C@@H]4O[C@H](C(=O)O)[C@@H](O)[C@H](O)[C@H]4O)c(NC(=O)CCNC(=O)CCCCCN4C(=O)C=CC4=O)c1)(C3)C2. The number of amides is 7. The van der Waals surface area contributed by atoms with Gasteiger partial charge >= 0.3 is 24.1 Å². The number of imide groups is 1. The summed E-state index contributed by atoms with van der Waals surface area (Å²) in [4.78, 5) is 118. The zero-order valence-corrected chi connectivity index (χ0v) is 57.6. The number of nitrogens with zero attached hydrogens (tertiary/aromatic N) is 8. The number of carbonyl (C=O) groups excluding carboxylic acids is 6. The number of hydrogen-bond acceptors (Lipinski definition) is 20. The molecule has 0 spiro atoms. The van der Waals surface area contributed by atoms with Crippen molar-refractivity contribution in [3.63, 3.8) is 0 Å². The lowest BCUT2D eigenvalue weighted by atomic mass is 9.39. The summed E-state index contributed by atoms with van der Waals surface area (Å²) in [6, 6.07) is 21.1. The van der Waals surface area contributed by atoms with Gasteiger partial charge < -0.3 is 64.9 Å². The van der Waals surface area contributed by atoms with E-state index in [1.54, 1.807) is 48.5 Å². The average molecular weight is 1410 g/mol. The number of ether oxygens (including phenoxy) is 4. The van der Waals surface area contributed by atoms with Crippen LogP contribution in [0.2, 0.25) is 0 Å². The van der Waals surface area contributed by atoms with Gasteiger partial charge in [0.05, 0.1) is 51.4 Å². The van der Waals surface area contributed by atoms with Gasteiger partial charge in [0.15, 0.2) is 16.9 Å². The van der Waals surface area contributed by atoms with E-state index in [2.05, 4.69) is 39.7 Å². The zero-order chi connectivity index (χ0) is 71.7. The van der Waals surface area contributed by atoms with Gasteiger partial charge in [-0.3, -0.25) is 39.0 Å². The van der Waals surface area contributed by atoms with Crippen molar-refractivity contribution in [2.45, 2.75) is 134 Å². The predicted octanol–water partition coefficient (Wildman–Crippen LogP) is 7.84. The minimum Gasteiger partial charge on any atom is -0.479 e. The van der Waals surface area contributed by atoms with Gasteiger partial charge in [-0.15, -0.1) is 0 Å². The largest absolute Gasteiger partial charge is 0.479 e. The summed E-state index contributed by atoms with van der Waals surface area (Å²) < 4.78 is 26.7. The van der Waals surface area contributed by atoms with Crippen LogP contribution in [0.4, 0.5) is 31.8 Å². The second-order valence-corrected chi connectivity index (χ2v) is 29.3. The molecule has 8 N–H and O–H groups in total. The van der Waals surface area contributed by atoms with Crippen molar-refractivity contribution >= 4 is 97.5 Å². The van der Waals surface area contributed by atoms with Crippen LogP contribution in [-0.2, 0) is 44.7 Å². The van der Waals surface area contributed by atoms with Crippen molar-refractivity contribution < 1.29 is 82.8 Å². The molecule has 534 valence electrons. The van der Waals surface area contributed by atoms with Gasteiger partial charge in [0.1, 0.15) is 30.7 Å². The first kappa shape index (κ1) is 71.2. The van der Waals surface area contributed by atoms with Crippen LogP contribution in [-0.4, -0.2) is 199 Å². The number of rotatable bonds is 26. The van der Waals surface area contributed by atoms with Crippen LogP contribution >= 0.6 is 11.3 Å². The fourth-order valence-electron chi connectivity index (χ4n) is 16.4. The Hall–Kier alpha value is -9.65. The van der Waals surface area contributed by atoms with Crippen LogP contribution in [0, 0.1) is 23.2 Å². The summed E-state index contributed by atoms with van der Waals surface area (Å²) in [5.74, 6) is -4.56. The van der Waals surface area contributed by atoms with E-state index in [0.29, 0.717) is 77.7 Å². The zero-order valence-electron chi connectivity index (χ0n) is 56.8. The number of carboxylic acids is 2. The molecule has 4 saturated carbocycles. The van der Waals surface area contributed by atoms with Gasteiger partial charge in [-0.2, -0.15) is 5.10 Å². The Morgan fingerprint density at radius 1 is 0.802 bits per heavy atom. The number of aromatic carboxylic acids is 1. The molecule has 3 aromatic carbocycles. The number of aliphatic carboxylic acids is 1. The number of unbranched alkanes of at least 4 members (excludes halogenated alkanes) is 2. The van der Waals surface area contributed by atoms with Gasteiger partial charge in [0.2, 0.25) is 18.1 Å². The number of aliphatic hydroxyl groups excluding tert-OH is 3. The number of thiazole rings is 1. The molecule has 4 aliphatic carbocycles. The number of hydrogen-bond donors (Lipinski definition) is 8. The average Bonchev–Trinajstić information content (AvgIpc) is 0.705. The molecule has 2 unspecified atom stereocenters. The molecule has 3 aliphatic heterocycles. The fourth-order valence-corrected chi connectivity index (χ4v) is 17.2. The molecule has 28 nitrogen and oxygen atoms in total. The van der Waals surface area contributed by atoms with Gasteiger partial charge in [-0.25, -0.2) is 29.1 Å². The highest BCUT2D eigenvalue weighted by Gasteiger charge is 2.66. The Morgan fingerprint density at radius 2 is 1.56 bits per heavy atom. The predicted molar refractivity (Wildman–Crippen MR) is 372 cm³/mol. The molecule has 3 aromatic heterocycles. The number of anilines is 4. The molecule has 6 heterocycles. The van der Waals surface area contributed by atoms with E-state index in [9.17, 15) is 63.9 Å². The number of carboxylic acid groups (broad SMARTS) is 2. The third-order valence-corrected chi connectivity index (χ3v) is 20.9. The molecule has 5 fully saturated rings. The number of para-hydroxylation sites is 1. The first-order valence-electron chi connectivity index (χ1n) is 33.8. The molecule has 1 saturated heterocycles. The van der Waals surface area contributed by atoms with Crippen LogP contribution in [0.5, 0.6) is 5.75 Å². The topological polar surface area (TPSA) is 367 Å². The Kier molecular flexibility index (Phi) is 20.5. The molecule has 101 heavy (non-hydrogen) atoms. The summed E-state index contributed by atoms with van der Waals surface area (Å²) in [7, 11) is 3.59. The van der Waals surface area contributed by atoms with Crippen LogP contribution < -0.4 is 30.5 Å². The van der Waals surface area contributed by atoms with E-state index in [0.717, 1.165) is 65.0 Å². The lowest BCUT2D eigenvalue weighted by Gasteiger charge is -2.69. The Balaban J connectivity index is 0.654. The molecule has 4 bridgehead atoms. The highest BCUT2D eigenvalue weighted by atomic mass is 32.1. The smallest absolute Gasteiger partial charge is 0.409 e. The highest BCUT2D eigenvalue weighted by molar-refractivity contribution is 7.22. The van der Waals surface area contributed by atoms with Crippen LogP contribution in [0.15, 0.2) is 97.2 Å². The number of benzene rings is 3. The van der Waals surface area contributed by atoms with Gasteiger partial charge in [0.25, 0.3) is 11.8 Å². The standard InChI is InChI=1S/C72H83N11O17S/c1-42-46(45-18-19-47(76-58(45)63(91)92)44-17-20-50-51(33-44)81(28-27-79(50)4)67(95)78-66-77-48-13-8-9-14-53(48)101-66)34-74-83(42)41-71-36-69(2)35-70(3,37-71)39-72(38-69,40-71)98-31-29-80(5)68(96)97-30-11-12-43-16-21-52(99-65-61(90)59(88)60(89)62(100-65)64(93)94)49(32-43)75-55(85)24-25-73-54(84)15-7-6-10-26-82-56(86)22-23-57(82)87/h8-9,11-14,16-23,32-34,59-62,65,88-90H,6-7,10,15,24-31,35-41H2,1-5H3,(H,73,84)(H,75,85)(H,91,92)(H,93,94)(H,77,78,95)/b12-11+/t59-,60-,61+,62-,65+,69?,70?,71?,72?/m0/s1. The van der Waals surface area contributed by atoms with E-state index in [1.165, 1.54) is 40.5 Å². The van der Waals surface area contributed by atoms with Crippen molar-refractivity contribution in [1.82, 2.24) is 34.9 Å². The van der Waals surface area contributed by atoms with Crippen molar-refractivity contribution in [1.29, 1.82) is 0 Å². The summed E-state index contributed by atoms with van der Waals surface area (Å²) >= 11 is 1.40. The van der Waals surface area contributed by atoms with Gasteiger partial charge in [-0.1, -0.05) is 61.9 Å². The van der Waals surface area contributed by atoms with E-state index >= 15 is 0 Å². The molecular formula is C72H83N11O17S. The number of pyridine rings is 1. The Bertz CT molecular complexity index is 4220. The third-order valence-electron chi connectivity index (χ3n) is 20.0.